The molecule has 10 bridgehead atoms. The number of Topliss-reactive ketones (excluding diaryl/α,β-unsaturated/α-hetero) is 3. The van der Waals surface area contributed by atoms with Crippen LogP contribution in [-0.2, 0) is 40.1 Å². The second-order valence-electron chi connectivity index (χ2n) is 17.1. The summed E-state index contributed by atoms with van der Waals surface area (Å²) in [6.45, 7) is 0. The Balaban J connectivity index is 1.07. The molecule has 0 saturated heterocycles. The van der Waals surface area contributed by atoms with Crippen LogP contribution in [-0.4, -0.2) is 17.3 Å². The standard InChI is InChI=1S/C63H46O3/c64-55-37-43-21-25-47(26-22-43)41-57(49-13-5-1-6-14-49)58(50-15-7-2-8-16-50)42-48-27-23-44(24-28-48)38-56(65)40-46-31-35-54(36-32-46)62-60(52-19-11-4-12-20-52)59(51-17-9-3-10-18-51)61(63(62)66)53-33-29-45(39-55)30-34-53/h1-36,41-42H,37-40H2/b57-41+,58-42+. The highest BCUT2D eigenvalue weighted by atomic mass is 16.1. The van der Waals surface area contributed by atoms with Crippen molar-refractivity contribution in [2.75, 3.05) is 0 Å². The van der Waals surface area contributed by atoms with Crippen molar-refractivity contribution >= 4 is 62.9 Å². The summed E-state index contributed by atoms with van der Waals surface area (Å²) in [5.74, 6) is 0.163. The van der Waals surface area contributed by atoms with E-state index in [1.165, 1.54) is 0 Å². The van der Waals surface area contributed by atoms with Gasteiger partial charge in [-0.1, -0.05) is 218 Å². The highest BCUT2D eigenvalue weighted by Gasteiger charge is 2.35. The van der Waals surface area contributed by atoms with Gasteiger partial charge in [0.15, 0.2) is 5.78 Å². The van der Waals surface area contributed by atoms with E-state index in [1.54, 1.807) is 0 Å². The molecule has 8 aromatic carbocycles. The van der Waals surface area contributed by atoms with Gasteiger partial charge in [-0.3, -0.25) is 14.4 Å². The second kappa shape index (κ2) is 18.8. The molecule has 3 heteroatoms. The zero-order chi connectivity index (χ0) is 44.8. The van der Waals surface area contributed by atoms with Crippen molar-refractivity contribution in [1.82, 2.24) is 0 Å². The molecule has 0 atom stereocenters. The maximum absolute atomic E-state index is 15.1. The fourth-order valence-electron chi connectivity index (χ4n) is 9.22. The number of hydrogen-bond acceptors (Lipinski definition) is 3. The summed E-state index contributed by atoms with van der Waals surface area (Å²) in [5, 5.41) is 0. The van der Waals surface area contributed by atoms with Gasteiger partial charge in [0.2, 0.25) is 0 Å². The van der Waals surface area contributed by atoms with E-state index in [0.29, 0.717) is 24.0 Å². The summed E-state index contributed by atoms with van der Waals surface area (Å²) in [4.78, 5) is 42.4. The maximum atomic E-state index is 15.1. The molecule has 0 amide bonds. The Labute approximate surface area is 386 Å². The van der Waals surface area contributed by atoms with Gasteiger partial charge in [-0.25, -0.2) is 0 Å². The van der Waals surface area contributed by atoms with Crippen molar-refractivity contribution in [3.05, 3.63) is 285 Å². The van der Waals surface area contributed by atoms with Crippen molar-refractivity contribution in [1.29, 1.82) is 0 Å². The van der Waals surface area contributed by atoms with E-state index in [4.69, 9.17) is 0 Å². The molecule has 0 N–H and O–H groups in total. The lowest BCUT2D eigenvalue weighted by Gasteiger charge is -2.15. The molecule has 8 aliphatic carbocycles. The summed E-state index contributed by atoms with van der Waals surface area (Å²) in [6, 6.07) is 73.4. The third-order valence-electron chi connectivity index (χ3n) is 12.5. The molecule has 0 saturated carbocycles. The highest BCUT2D eigenvalue weighted by molar-refractivity contribution is 6.59. The van der Waals surface area contributed by atoms with Gasteiger partial charge in [0.1, 0.15) is 11.6 Å². The first-order valence-electron chi connectivity index (χ1n) is 22.5. The van der Waals surface area contributed by atoms with Crippen molar-refractivity contribution < 1.29 is 14.4 Å². The third kappa shape index (κ3) is 9.06. The first kappa shape index (κ1) is 41.7. The van der Waals surface area contributed by atoms with Crippen LogP contribution in [0.1, 0.15) is 66.8 Å². The van der Waals surface area contributed by atoms with Crippen molar-refractivity contribution in [2.24, 2.45) is 0 Å². The number of allylic oxidation sites excluding steroid dienone is 6. The van der Waals surface area contributed by atoms with Gasteiger partial charge in [0.05, 0.1) is 0 Å². The lowest BCUT2D eigenvalue weighted by atomic mass is 9.88. The topological polar surface area (TPSA) is 51.2 Å². The molecule has 16 rings (SSSR count). The largest absolute Gasteiger partial charge is 0.299 e. The van der Waals surface area contributed by atoms with E-state index >= 15 is 4.79 Å². The number of ketones is 3. The monoisotopic (exact) mass is 850 g/mol. The zero-order valence-electron chi connectivity index (χ0n) is 36.5. The Bertz CT molecular complexity index is 2970. The molecule has 0 unspecified atom stereocenters. The molecule has 316 valence electrons. The molecule has 66 heavy (non-hydrogen) atoms. The van der Waals surface area contributed by atoms with Crippen LogP contribution >= 0.6 is 0 Å². The second-order valence-corrected chi connectivity index (χ2v) is 17.1. The van der Waals surface area contributed by atoms with Crippen LogP contribution in [0.4, 0.5) is 0 Å². The average Bonchev–Trinajstić information content (AvgIpc) is 3.67. The lowest BCUT2D eigenvalue weighted by molar-refractivity contribution is -0.118. The van der Waals surface area contributed by atoms with Gasteiger partial charge in [0, 0.05) is 48.0 Å². The number of benzene rings is 8. The summed E-state index contributed by atoms with van der Waals surface area (Å²) in [6.07, 6.45) is 5.60. The quantitative estimate of drug-likeness (QED) is 0.177. The molecular weight excluding hydrogens is 805 g/mol. The van der Waals surface area contributed by atoms with Gasteiger partial charge in [0.25, 0.3) is 0 Å². The fourth-order valence-corrected chi connectivity index (χ4v) is 9.22. The first-order valence-corrected chi connectivity index (χ1v) is 22.5. The smallest absolute Gasteiger partial charge is 0.195 e. The molecule has 8 aromatic rings. The van der Waals surface area contributed by atoms with Crippen LogP contribution in [0.5, 0.6) is 0 Å². The third-order valence-corrected chi connectivity index (χ3v) is 12.5. The van der Waals surface area contributed by atoms with E-state index in [-0.39, 0.29) is 30.2 Å². The Morgan fingerprint density at radius 1 is 0.242 bits per heavy atom. The summed E-state index contributed by atoms with van der Waals surface area (Å²) in [7, 11) is 0. The maximum Gasteiger partial charge on any atom is 0.195 e. The molecule has 0 heterocycles. The Morgan fingerprint density at radius 3 is 0.803 bits per heavy atom. The van der Waals surface area contributed by atoms with Gasteiger partial charge >= 0.3 is 0 Å². The number of rotatable bonds is 4. The summed E-state index contributed by atoms with van der Waals surface area (Å²) < 4.78 is 0. The predicted molar refractivity (Wildman–Crippen MR) is 271 cm³/mol. The molecule has 0 aliphatic heterocycles. The Kier molecular flexibility index (Phi) is 11.9. The molecule has 3 nitrogen and oxygen atoms in total. The number of carbonyl (C=O) groups excluding carboxylic acids is 3. The number of hydrogen-bond donors (Lipinski definition) is 0. The molecule has 0 fully saturated rings. The van der Waals surface area contributed by atoms with Crippen LogP contribution in [0.2, 0.25) is 0 Å². The van der Waals surface area contributed by atoms with Crippen LogP contribution in [0, 0.1) is 0 Å². The fraction of sp³-hybridized carbons (Fsp3) is 0.0635. The van der Waals surface area contributed by atoms with Crippen molar-refractivity contribution in [3.8, 4) is 0 Å². The molecule has 0 aromatic heterocycles. The average molecular weight is 851 g/mol. The normalized spacial score (nSPS) is 16.2. The molecule has 0 spiro atoms. The highest BCUT2D eigenvalue weighted by Crippen LogP contribution is 2.49. The van der Waals surface area contributed by atoms with E-state index < -0.39 is 0 Å². The lowest BCUT2D eigenvalue weighted by Crippen LogP contribution is -2.07. The van der Waals surface area contributed by atoms with E-state index in [1.807, 2.05) is 121 Å². The van der Waals surface area contributed by atoms with E-state index in [2.05, 4.69) is 109 Å². The predicted octanol–water partition coefficient (Wildman–Crippen LogP) is 13.6. The molecule has 8 aliphatic rings. The minimum absolute atomic E-state index is 0.0623. The SMILES string of the molecule is O=C1Cc2ccc(cc2)/C=C(c2ccccc2)/C(c2ccccc2)=C/c2ccc(cc2)CC(=O)Cc2ccc(cc2)C2=C(c3ccccc3)C(c3ccccc3)=C(C2=O)c2ccc(cc2)C1. The molecule has 0 radical (unpaired) electrons. The Morgan fingerprint density at radius 2 is 0.500 bits per heavy atom. The van der Waals surface area contributed by atoms with E-state index in [9.17, 15) is 9.59 Å². The summed E-state index contributed by atoms with van der Waals surface area (Å²) in [5.41, 5.74) is 16.5. The first-order chi connectivity index (χ1) is 32.4. The summed E-state index contributed by atoms with van der Waals surface area (Å²) >= 11 is 0. The van der Waals surface area contributed by atoms with Crippen LogP contribution in [0.15, 0.2) is 218 Å². The van der Waals surface area contributed by atoms with Crippen LogP contribution in [0.3, 0.4) is 0 Å². The minimum Gasteiger partial charge on any atom is -0.299 e. The van der Waals surface area contributed by atoms with Gasteiger partial charge in [-0.05, 0) is 90.1 Å². The van der Waals surface area contributed by atoms with Gasteiger partial charge < -0.3 is 0 Å². The minimum atomic E-state index is -0.0623. The van der Waals surface area contributed by atoms with Gasteiger partial charge in [-0.2, -0.15) is 0 Å². The van der Waals surface area contributed by atoms with Gasteiger partial charge in [-0.15, -0.1) is 0 Å². The number of carbonyl (C=O) groups is 3. The Hall–Kier alpha value is -8.27. The molecular formula is C63H46O3. The van der Waals surface area contributed by atoms with E-state index in [0.717, 1.165) is 89.1 Å². The zero-order valence-corrected chi connectivity index (χ0v) is 36.5. The van der Waals surface area contributed by atoms with Crippen LogP contribution < -0.4 is 0 Å². The van der Waals surface area contributed by atoms with Crippen molar-refractivity contribution in [3.63, 3.8) is 0 Å². The van der Waals surface area contributed by atoms with Crippen molar-refractivity contribution in [2.45, 2.75) is 25.7 Å². The van der Waals surface area contributed by atoms with Crippen LogP contribution in [0.25, 0.3) is 45.6 Å².